The number of unbranched alkanes of at least 4 members (excludes halogenated alkanes) is 17. The molecule has 0 spiro atoms. The van der Waals surface area contributed by atoms with Crippen molar-refractivity contribution in [3.63, 3.8) is 0 Å². The summed E-state index contributed by atoms with van der Waals surface area (Å²) in [6, 6.07) is 0. The van der Waals surface area contributed by atoms with Crippen molar-refractivity contribution in [3.05, 3.63) is 134 Å². The first kappa shape index (κ1) is 72.2. The molecule has 0 saturated carbocycles. The Bertz CT molecular complexity index is 1740. The van der Waals surface area contributed by atoms with Crippen molar-refractivity contribution >= 4 is 19.8 Å². The topological polar surface area (TPSA) is 108 Å². The number of esters is 2. The van der Waals surface area contributed by atoms with Crippen molar-refractivity contribution in [2.45, 2.75) is 225 Å². The number of ether oxygens (including phenoxy) is 2. The van der Waals surface area contributed by atoms with Crippen LogP contribution in [0.25, 0.3) is 0 Å². The van der Waals surface area contributed by atoms with E-state index in [1.54, 1.807) is 0 Å². The summed E-state index contributed by atoms with van der Waals surface area (Å²) in [4.78, 5) is 35.6. The molecular formula is C66H111NO8P+. The monoisotopic (exact) mass is 1080 g/mol. The minimum absolute atomic E-state index is 0.0225. The fraction of sp³-hybridized carbons (Fsp3) is 0.636. The van der Waals surface area contributed by atoms with Crippen molar-refractivity contribution in [1.82, 2.24) is 0 Å². The zero-order valence-electron chi connectivity index (χ0n) is 48.9. The zero-order chi connectivity index (χ0) is 55.6. The normalized spacial score (nSPS) is 14.2. The average molecular weight is 1080 g/mol. The number of carbonyl (C=O) groups is 2. The van der Waals surface area contributed by atoms with E-state index in [4.69, 9.17) is 18.5 Å². The standard InChI is InChI=1S/C66H110NO8P/c1-6-8-10-12-14-16-18-20-21-22-23-24-25-26-27-28-29-30-31-32-33-34-35-36-37-38-39-40-41-42-43-44-45-47-49-51-53-55-57-59-66(69)75-64(63-74-76(70,71)73-61-60-67(3,4)5)62-72-65(68)58-56-54-52-50-48-46-19-17-15-13-11-9-7-2/h8,10,14,16-17,19-21,23-24,26-27,29-30,32-33,35-36,38-39,41-42,64H,6-7,9,11-13,15,18,22,25,28,31,34,37,40,43-63H2,1-5H3/p+1/b10-8-,16-14-,19-17-,21-20-,24-23-,27-26-,30-29-,33-32-,36-35-,39-38-,42-41-. The molecule has 2 unspecified atom stereocenters. The Hall–Kier alpha value is -3.85. The highest BCUT2D eigenvalue weighted by molar-refractivity contribution is 7.47. The van der Waals surface area contributed by atoms with Crippen LogP contribution in [-0.4, -0.2) is 74.9 Å². The van der Waals surface area contributed by atoms with Gasteiger partial charge in [-0.3, -0.25) is 18.6 Å². The molecule has 0 heterocycles. The maximum absolute atomic E-state index is 12.8. The minimum Gasteiger partial charge on any atom is -0.462 e. The molecule has 0 fully saturated rings. The van der Waals surface area contributed by atoms with Crippen LogP contribution in [0.15, 0.2) is 134 Å². The van der Waals surface area contributed by atoms with E-state index in [2.05, 4.69) is 148 Å². The van der Waals surface area contributed by atoms with Crippen molar-refractivity contribution in [2.75, 3.05) is 47.5 Å². The van der Waals surface area contributed by atoms with E-state index in [1.807, 2.05) is 21.1 Å². The number of carbonyl (C=O) groups excluding carboxylic acids is 2. The van der Waals surface area contributed by atoms with Crippen molar-refractivity contribution in [1.29, 1.82) is 0 Å². The summed E-state index contributed by atoms with van der Waals surface area (Å²) >= 11 is 0. The molecule has 76 heavy (non-hydrogen) atoms. The lowest BCUT2D eigenvalue weighted by Crippen LogP contribution is -2.37. The Morgan fingerprint density at radius 1 is 0.421 bits per heavy atom. The van der Waals surface area contributed by atoms with Gasteiger partial charge in [0.2, 0.25) is 0 Å². The molecule has 0 aromatic carbocycles. The molecule has 0 bridgehead atoms. The van der Waals surface area contributed by atoms with Gasteiger partial charge in [-0.15, -0.1) is 0 Å². The fourth-order valence-corrected chi connectivity index (χ4v) is 8.31. The number of hydrogen-bond acceptors (Lipinski definition) is 7. The highest BCUT2D eigenvalue weighted by Crippen LogP contribution is 2.43. The van der Waals surface area contributed by atoms with Gasteiger partial charge in [-0.05, 0) is 116 Å². The van der Waals surface area contributed by atoms with E-state index < -0.39 is 26.5 Å². The molecule has 0 aliphatic heterocycles. The first-order valence-corrected chi connectivity index (χ1v) is 31.4. The summed E-state index contributed by atoms with van der Waals surface area (Å²) in [5, 5.41) is 0. The highest BCUT2D eigenvalue weighted by Gasteiger charge is 2.27. The number of allylic oxidation sites excluding steroid dienone is 22. The van der Waals surface area contributed by atoms with Gasteiger partial charge in [0.05, 0.1) is 27.7 Å². The van der Waals surface area contributed by atoms with Crippen molar-refractivity contribution in [3.8, 4) is 0 Å². The second-order valence-electron chi connectivity index (χ2n) is 20.6. The molecule has 10 heteroatoms. The highest BCUT2D eigenvalue weighted by atomic mass is 31.2. The molecular weight excluding hydrogens is 966 g/mol. The fourth-order valence-electron chi connectivity index (χ4n) is 7.57. The molecule has 9 nitrogen and oxygen atoms in total. The number of rotatable bonds is 53. The lowest BCUT2D eigenvalue weighted by Gasteiger charge is -2.24. The minimum atomic E-state index is -4.39. The molecule has 2 atom stereocenters. The zero-order valence-corrected chi connectivity index (χ0v) is 49.8. The van der Waals surface area contributed by atoms with Crippen LogP contribution in [0, 0.1) is 0 Å². The first-order valence-electron chi connectivity index (χ1n) is 29.9. The van der Waals surface area contributed by atoms with E-state index in [9.17, 15) is 19.0 Å². The van der Waals surface area contributed by atoms with Crippen LogP contribution < -0.4 is 0 Å². The third kappa shape index (κ3) is 59.4. The number of hydrogen-bond donors (Lipinski definition) is 1. The van der Waals surface area contributed by atoms with Crippen molar-refractivity contribution in [2.24, 2.45) is 0 Å². The summed E-state index contributed by atoms with van der Waals surface area (Å²) < 4.78 is 34.5. The van der Waals surface area contributed by atoms with Crippen molar-refractivity contribution < 1.29 is 42.1 Å². The van der Waals surface area contributed by atoms with Gasteiger partial charge in [-0.25, -0.2) is 4.57 Å². The van der Waals surface area contributed by atoms with Crippen LogP contribution in [-0.2, 0) is 32.7 Å². The van der Waals surface area contributed by atoms with Crippen LogP contribution in [0.5, 0.6) is 0 Å². The molecule has 0 saturated heterocycles. The largest absolute Gasteiger partial charge is 0.472 e. The second-order valence-corrected chi connectivity index (χ2v) is 22.1. The molecule has 0 aromatic heterocycles. The summed E-state index contributed by atoms with van der Waals surface area (Å²) in [6.45, 7) is 4.26. The van der Waals surface area contributed by atoms with E-state index >= 15 is 0 Å². The molecule has 0 radical (unpaired) electrons. The summed E-state index contributed by atoms with van der Waals surface area (Å²) in [6.07, 6.45) is 81.0. The molecule has 1 N–H and O–H groups in total. The van der Waals surface area contributed by atoms with E-state index in [1.165, 1.54) is 57.8 Å². The Morgan fingerprint density at radius 2 is 0.750 bits per heavy atom. The Labute approximate surface area is 466 Å². The van der Waals surface area contributed by atoms with Crippen LogP contribution in [0.4, 0.5) is 0 Å². The summed E-state index contributed by atoms with van der Waals surface area (Å²) in [7, 11) is 1.45. The average Bonchev–Trinajstić information content (AvgIpc) is 3.38. The van der Waals surface area contributed by atoms with E-state index in [0.29, 0.717) is 17.4 Å². The summed E-state index contributed by atoms with van der Waals surface area (Å²) in [5.74, 6) is -0.826. The molecule has 0 rings (SSSR count). The molecule has 0 amide bonds. The number of quaternary nitrogens is 1. The van der Waals surface area contributed by atoms with Gasteiger partial charge in [0.25, 0.3) is 0 Å². The number of nitrogens with zero attached hydrogens (tertiary/aromatic N) is 1. The molecule has 0 aliphatic rings. The predicted molar refractivity (Wildman–Crippen MR) is 325 cm³/mol. The molecule has 0 aliphatic carbocycles. The van der Waals surface area contributed by atoms with Gasteiger partial charge >= 0.3 is 19.8 Å². The lowest BCUT2D eigenvalue weighted by molar-refractivity contribution is -0.870. The Balaban J connectivity index is 4.12. The SMILES string of the molecule is CC/C=C\C/C=C\C/C=C\C/C=C\C/C=C\C/C=C\C/C=C\C/C=C\C/C=C\C/C=C\CCCCCCCCCCC(=O)OC(COC(=O)CCCCCCC/C=C\CCCCCC)COP(=O)(O)OCC[N+](C)(C)C. The smallest absolute Gasteiger partial charge is 0.462 e. The number of phosphoric acid groups is 1. The van der Waals surface area contributed by atoms with Gasteiger partial charge < -0.3 is 18.9 Å². The molecule has 432 valence electrons. The van der Waals surface area contributed by atoms with Gasteiger partial charge in [0.1, 0.15) is 19.8 Å². The molecule has 0 aromatic rings. The third-order valence-corrected chi connectivity index (χ3v) is 13.1. The Kier molecular flexibility index (Phi) is 53.1. The van der Waals surface area contributed by atoms with E-state index in [0.717, 1.165) is 128 Å². The summed E-state index contributed by atoms with van der Waals surface area (Å²) in [5.41, 5.74) is 0. The van der Waals surface area contributed by atoms with Crippen LogP contribution in [0.3, 0.4) is 0 Å². The lowest BCUT2D eigenvalue weighted by atomic mass is 10.1. The van der Waals surface area contributed by atoms with Gasteiger partial charge in [0, 0.05) is 12.8 Å². The van der Waals surface area contributed by atoms with Gasteiger partial charge in [-0.1, -0.05) is 225 Å². The number of likely N-dealkylation sites (N-methyl/N-ethyl adjacent to an activating group) is 1. The van der Waals surface area contributed by atoms with E-state index in [-0.39, 0.29) is 32.0 Å². The first-order chi connectivity index (χ1) is 37.0. The van der Waals surface area contributed by atoms with Gasteiger partial charge in [-0.2, -0.15) is 0 Å². The maximum Gasteiger partial charge on any atom is 0.472 e. The Morgan fingerprint density at radius 3 is 1.13 bits per heavy atom. The number of phosphoric ester groups is 1. The maximum atomic E-state index is 12.8. The van der Waals surface area contributed by atoms with Crippen LogP contribution in [0.1, 0.15) is 219 Å². The van der Waals surface area contributed by atoms with Crippen LogP contribution in [0.2, 0.25) is 0 Å². The predicted octanol–water partition coefficient (Wildman–Crippen LogP) is 18.9. The van der Waals surface area contributed by atoms with Gasteiger partial charge in [0.15, 0.2) is 6.10 Å². The third-order valence-electron chi connectivity index (χ3n) is 12.2. The van der Waals surface area contributed by atoms with Crippen LogP contribution >= 0.6 is 7.82 Å². The quantitative estimate of drug-likeness (QED) is 0.0211. The second kappa shape index (κ2) is 55.9.